The number of hydrazine groups is 1. The van der Waals surface area contributed by atoms with E-state index >= 15 is 0 Å². The van der Waals surface area contributed by atoms with Gasteiger partial charge in [0.05, 0.1) is 17.7 Å². The molecule has 1 aromatic rings. The van der Waals surface area contributed by atoms with Crippen molar-refractivity contribution in [1.82, 2.24) is 5.01 Å². The second kappa shape index (κ2) is 8.11. The molecule has 0 saturated heterocycles. The van der Waals surface area contributed by atoms with Gasteiger partial charge in [-0.15, -0.1) is 0 Å². The van der Waals surface area contributed by atoms with E-state index in [2.05, 4.69) is 5.32 Å². The summed E-state index contributed by atoms with van der Waals surface area (Å²) in [5.41, 5.74) is 6.56. The minimum absolute atomic E-state index is 0.104. The van der Waals surface area contributed by atoms with Crippen molar-refractivity contribution in [3.8, 4) is 0 Å². The van der Waals surface area contributed by atoms with E-state index in [4.69, 9.17) is 16.7 Å². The molecule has 24 heavy (non-hydrogen) atoms. The fraction of sp³-hybridized carbons (Fsp3) is 0.312. The maximum Gasteiger partial charge on any atom is 0.305 e. The van der Waals surface area contributed by atoms with Gasteiger partial charge >= 0.3 is 5.97 Å². The number of aldehydes is 2. The lowest BCUT2D eigenvalue weighted by Crippen LogP contribution is -2.40. The predicted molar refractivity (Wildman–Crippen MR) is 90.3 cm³/mol. The summed E-state index contributed by atoms with van der Waals surface area (Å²) in [4.78, 5) is 32.8. The molecule has 0 radical (unpaired) electrons. The summed E-state index contributed by atoms with van der Waals surface area (Å²) in [5, 5.41) is 12.9. The van der Waals surface area contributed by atoms with E-state index in [9.17, 15) is 14.4 Å². The summed E-state index contributed by atoms with van der Waals surface area (Å²) in [6.07, 6.45) is 2.52. The lowest BCUT2D eigenvalue weighted by atomic mass is 9.99. The van der Waals surface area contributed by atoms with Gasteiger partial charge in [-0.1, -0.05) is 12.1 Å². The molecule has 0 amide bonds. The van der Waals surface area contributed by atoms with Crippen molar-refractivity contribution in [3.63, 3.8) is 0 Å². The van der Waals surface area contributed by atoms with Crippen LogP contribution in [0.15, 0.2) is 30.1 Å². The fourth-order valence-corrected chi connectivity index (χ4v) is 1.96. The summed E-state index contributed by atoms with van der Waals surface area (Å²) in [6.45, 7) is 3.64. The molecule has 0 fully saturated rings. The van der Waals surface area contributed by atoms with E-state index in [0.29, 0.717) is 24.0 Å². The van der Waals surface area contributed by atoms with Crippen molar-refractivity contribution < 1.29 is 19.5 Å². The maximum atomic E-state index is 11.3. The van der Waals surface area contributed by atoms with Gasteiger partial charge in [-0.3, -0.25) is 14.4 Å². The van der Waals surface area contributed by atoms with Gasteiger partial charge in [-0.2, -0.15) is 0 Å². The first-order chi connectivity index (χ1) is 11.2. The standard InChI is InChI=1S/C16H22N4O4/c1-16(2,14(17)8-20(18)7-6-15(23)24)19-13-5-3-4-11(9-21)12(13)10-22/h3-5,8-10,19H,6-7,17-18H2,1-2H3,(H,23,24)/b14-8-. The number of hydrogen-bond acceptors (Lipinski definition) is 7. The number of carbonyl (C=O) groups excluding carboxylic acids is 2. The molecular weight excluding hydrogens is 312 g/mol. The van der Waals surface area contributed by atoms with Gasteiger partial charge in [0.25, 0.3) is 0 Å². The normalized spacial score (nSPS) is 11.7. The van der Waals surface area contributed by atoms with Crippen LogP contribution < -0.4 is 16.9 Å². The Morgan fingerprint density at radius 2 is 2.00 bits per heavy atom. The van der Waals surface area contributed by atoms with Crippen molar-refractivity contribution in [2.75, 3.05) is 11.9 Å². The number of nitrogens with zero attached hydrogens (tertiary/aromatic N) is 1. The van der Waals surface area contributed by atoms with Crippen LogP contribution in [-0.4, -0.2) is 40.7 Å². The first-order valence-corrected chi connectivity index (χ1v) is 7.23. The van der Waals surface area contributed by atoms with Crippen LogP contribution in [-0.2, 0) is 4.79 Å². The van der Waals surface area contributed by atoms with Gasteiger partial charge < -0.3 is 21.2 Å². The van der Waals surface area contributed by atoms with E-state index in [1.807, 2.05) is 0 Å². The number of anilines is 1. The maximum absolute atomic E-state index is 11.3. The van der Waals surface area contributed by atoms with Crippen molar-refractivity contribution in [3.05, 3.63) is 41.2 Å². The van der Waals surface area contributed by atoms with Crippen LogP contribution >= 0.6 is 0 Å². The molecule has 8 heteroatoms. The molecule has 0 heterocycles. The zero-order chi connectivity index (χ0) is 18.3. The Labute approximate surface area is 140 Å². The Balaban J connectivity index is 2.98. The lowest BCUT2D eigenvalue weighted by Gasteiger charge is -2.30. The molecule has 6 N–H and O–H groups in total. The van der Waals surface area contributed by atoms with Crippen LogP contribution in [0, 0.1) is 0 Å². The molecule has 0 unspecified atom stereocenters. The Hall–Kier alpha value is -2.87. The number of rotatable bonds is 9. The number of aliphatic carboxylic acids is 1. The number of nitrogens with one attached hydrogen (secondary N) is 1. The largest absolute Gasteiger partial charge is 0.481 e. The Morgan fingerprint density at radius 1 is 1.33 bits per heavy atom. The highest BCUT2D eigenvalue weighted by Crippen LogP contribution is 2.24. The second-order valence-corrected chi connectivity index (χ2v) is 5.76. The van der Waals surface area contributed by atoms with E-state index in [-0.39, 0.29) is 24.1 Å². The molecule has 0 aromatic heterocycles. The quantitative estimate of drug-likeness (QED) is 0.297. The monoisotopic (exact) mass is 334 g/mol. The zero-order valence-electron chi connectivity index (χ0n) is 13.7. The number of hydrogen-bond donors (Lipinski definition) is 4. The summed E-state index contributed by atoms with van der Waals surface area (Å²) in [6, 6.07) is 4.86. The minimum Gasteiger partial charge on any atom is -0.481 e. The number of nitrogens with two attached hydrogens (primary N) is 2. The van der Waals surface area contributed by atoms with E-state index < -0.39 is 11.5 Å². The van der Waals surface area contributed by atoms with Crippen LogP contribution in [0.25, 0.3) is 0 Å². The average Bonchev–Trinajstić information content (AvgIpc) is 2.52. The van der Waals surface area contributed by atoms with Crippen LogP contribution in [0.3, 0.4) is 0 Å². The number of carboxylic acid groups (broad SMARTS) is 1. The summed E-state index contributed by atoms with van der Waals surface area (Å²) >= 11 is 0. The second-order valence-electron chi connectivity index (χ2n) is 5.76. The molecule has 0 aliphatic heterocycles. The molecule has 0 atom stereocenters. The summed E-state index contributed by atoms with van der Waals surface area (Å²) in [7, 11) is 0. The molecule has 0 aliphatic carbocycles. The van der Waals surface area contributed by atoms with Crippen molar-refractivity contribution in [2.24, 2.45) is 11.6 Å². The molecule has 130 valence electrons. The molecule has 0 spiro atoms. The first kappa shape index (κ1) is 19.2. The van der Waals surface area contributed by atoms with E-state index in [1.54, 1.807) is 32.0 Å². The van der Waals surface area contributed by atoms with E-state index in [0.717, 1.165) is 0 Å². The minimum atomic E-state index is -0.962. The SMILES string of the molecule is CC(C)(Nc1cccc(C=O)c1C=O)/C(N)=C/N(N)CCC(=O)O. The molecule has 0 saturated carbocycles. The lowest BCUT2D eigenvalue weighted by molar-refractivity contribution is -0.137. The molecule has 1 rings (SSSR count). The first-order valence-electron chi connectivity index (χ1n) is 7.23. The Kier molecular flexibility index (Phi) is 6.48. The third-order valence-electron chi connectivity index (χ3n) is 3.44. The van der Waals surface area contributed by atoms with E-state index in [1.165, 1.54) is 11.2 Å². The van der Waals surface area contributed by atoms with Gasteiger partial charge in [0, 0.05) is 29.6 Å². The third kappa shape index (κ3) is 5.10. The highest BCUT2D eigenvalue weighted by molar-refractivity contribution is 5.96. The summed E-state index contributed by atoms with van der Waals surface area (Å²) < 4.78 is 0. The van der Waals surface area contributed by atoms with Crippen LogP contribution in [0.2, 0.25) is 0 Å². The highest BCUT2D eigenvalue weighted by atomic mass is 16.4. The number of benzene rings is 1. The summed E-state index contributed by atoms with van der Waals surface area (Å²) in [5.74, 6) is 4.74. The van der Waals surface area contributed by atoms with Crippen molar-refractivity contribution in [2.45, 2.75) is 25.8 Å². The smallest absolute Gasteiger partial charge is 0.305 e. The molecule has 1 aromatic carbocycles. The number of carboxylic acids is 1. The molecule has 0 bridgehead atoms. The van der Waals surface area contributed by atoms with Gasteiger partial charge in [-0.05, 0) is 19.9 Å². The highest BCUT2D eigenvalue weighted by Gasteiger charge is 2.23. The average molecular weight is 334 g/mol. The van der Waals surface area contributed by atoms with Crippen molar-refractivity contribution >= 4 is 24.2 Å². The Bertz CT molecular complexity index is 655. The van der Waals surface area contributed by atoms with Gasteiger partial charge in [0.1, 0.15) is 0 Å². The molecular formula is C16H22N4O4. The fourth-order valence-electron chi connectivity index (χ4n) is 1.96. The third-order valence-corrected chi connectivity index (χ3v) is 3.44. The molecule has 8 nitrogen and oxygen atoms in total. The molecule has 0 aliphatic rings. The van der Waals surface area contributed by atoms with Gasteiger partial charge in [0.15, 0.2) is 12.6 Å². The predicted octanol–water partition coefficient (Wildman–Crippen LogP) is 0.953. The van der Waals surface area contributed by atoms with Gasteiger partial charge in [-0.25, -0.2) is 5.84 Å². The Morgan fingerprint density at radius 3 is 2.54 bits per heavy atom. The number of carbonyl (C=O) groups is 3. The van der Waals surface area contributed by atoms with Crippen LogP contribution in [0.5, 0.6) is 0 Å². The van der Waals surface area contributed by atoms with Crippen LogP contribution in [0.1, 0.15) is 41.0 Å². The topological polar surface area (TPSA) is 139 Å². The zero-order valence-corrected chi connectivity index (χ0v) is 13.7. The van der Waals surface area contributed by atoms with Crippen molar-refractivity contribution in [1.29, 1.82) is 0 Å². The van der Waals surface area contributed by atoms with Crippen LogP contribution in [0.4, 0.5) is 5.69 Å². The van der Waals surface area contributed by atoms with Gasteiger partial charge in [0.2, 0.25) is 0 Å².